The van der Waals surface area contributed by atoms with E-state index in [1.807, 2.05) is 27.9 Å². The molecule has 7 heteroatoms. The third kappa shape index (κ3) is 5.84. The molecule has 0 bridgehead atoms. The second kappa shape index (κ2) is 8.26. The highest BCUT2D eigenvalue weighted by atomic mass is 32.1. The fourth-order valence-electron chi connectivity index (χ4n) is 1.06. The first-order valence-electron chi connectivity index (χ1n) is 5.41. The summed E-state index contributed by atoms with van der Waals surface area (Å²) in [5.74, 6) is 6.33. The Kier molecular flexibility index (Phi) is 7.78. The summed E-state index contributed by atoms with van der Waals surface area (Å²) in [6.07, 6.45) is 0.983. The molecule has 0 unspecified atom stereocenters. The van der Waals surface area contributed by atoms with E-state index < -0.39 is 0 Å². The van der Waals surface area contributed by atoms with Crippen LogP contribution >= 0.6 is 12.2 Å². The van der Waals surface area contributed by atoms with Crippen molar-refractivity contribution in [1.82, 2.24) is 20.1 Å². The van der Waals surface area contributed by atoms with Crippen LogP contribution in [0.25, 0.3) is 0 Å². The summed E-state index contributed by atoms with van der Waals surface area (Å²) in [6.45, 7) is 5.74. The lowest BCUT2D eigenvalue weighted by Crippen LogP contribution is -2.34. The van der Waals surface area contributed by atoms with E-state index in [2.05, 4.69) is 20.1 Å². The fraction of sp³-hybridized carbons (Fsp3) is 0.778. The van der Waals surface area contributed by atoms with E-state index in [0.29, 0.717) is 10.7 Å². The molecule has 1 rings (SSSR count). The van der Waals surface area contributed by atoms with Gasteiger partial charge < -0.3 is 4.90 Å². The van der Waals surface area contributed by atoms with Gasteiger partial charge in [0.15, 0.2) is 0 Å². The Hall–Kier alpha value is -0.920. The van der Waals surface area contributed by atoms with Gasteiger partial charge in [0.2, 0.25) is 10.7 Å². The van der Waals surface area contributed by atoms with E-state index in [1.54, 1.807) is 5.01 Å². The van der Waals surface area contributed by atoms with E-state index in [-0.39, 0.29) is 0 Å². The summed E-state index contributed by atoms with van der Waals surface area (Å²) in [5, 5.41) is 7.04. The molecular formula is C9H22N6S. The second-order valence-electron chi connectivity index (χ2n) is 3.34. The van der Waals surface area contributed by atoms with E-state index in [4.69, 9.17) is 18.1 Å². The molecule has 94 valence electrons. The van der Waals surface area contributed by atoms with Crippen molar-refractivity contribution in [3.05, 3.63) is 4.77 Å². The van der Waals surface area contributed by atoms with E-state index in [1.165, 1.54) is 0 Å². The lowest BCUT2D eigenvalue weighted by atomic mass is 10.4. The summed E-state index contributed by atoms with van der Waals surface area (Å²) in [4.78, 5) is 6.11. The first-order chi connectivity index (χ1) is 7.59. The Balaban J connectivity index is 0.00000106. The number of hydrogen-bond donors (Lipinski definition) is 3. The number of aromatic nitrogens is 3. The third-order valence-corrected chi connectivity index (χ3v) is 1.96. The van der Waals surface area contributed by atoms with Gasteiger partial charge in [-0.25, -0.2) is 5.84 Å². The largest absolute Gasteiger partial charge is 0.309 e. The number of nitrogens with two attached hydrogens (primary N) is 1. The molecule has 4 N–H and O–H groups in total. The Bertz CT molecular complexity index is 318. The number of nitrogens with zero attached hydrogens (tertiary/aromatic N) is 3. The van der Waals surface area contributed by atoms with Gasteiger partial charge >= 0.3 is 0 Å². The highest BCUT2D eigenvalue weighted by molar-refractivity contribution is 7.71. The lowest BCUT2D eigenvalue weighted by molar-refractivity contribution is 0.400. The molecule has 6 nitrogen and oxygen atoms in total. The van der Waals surface area contributed by atoms with Crippen molar-refractivity contribution in [1.29, 1.82) is 0 Å². The van der Waals surface area contributed by atoms with Crippen molar-refractivity contribution in [2.75, 3.05) is 32.2 Å². The number of H-pyrrole nitrogens is 2. The van der Waals surface area contributed by atoms with Crippen LogP contribution in [-0.4, -0.2) is 47.3 Å². The third-order valence-electron chi connectivity index (χ3n) is 1.77. The number of aromatic amines is 2. The van der Waals surface area contributed by atoms with Gasteiger partial charge in [0.05, 0.1) is 0 Å². The molecule has 1 heterocycles. The van der Waals surface area contributed by atoms with Gasteiger partial charge in [0.25, 0.3) is 0 Å². The molecule has 16 heavy (non-hydrogen) atoms. The van der Waals surface area contributed by atoms with Crippen molar-refractivity contribution >= 4 is 18.2 Å². The molecule has 0 amide bonds. The molecule has 0 saturated carbocycles. The van der Waals surface area contributed by atoms with Crippen LogP contribution in [0.3, 0.4) is 0 Å². The molecule has 1 aromatic rings. The van der Waals surface area contributed by atoms with Gasteiger partial charge in [-0.15, -0.1) is 0 Å². The normalized spacial score (nSPS) is 9.88. The first kappa shape index (κ1) is 15.1. The van der Waals surface area contributed by atoms with Crippen molar-refractivity contribution in [3.8, 4) is 0 Å². The minimum absolute atomic E-state index is 0.419. The topological polar surface area (TPSA) is 77.0 Å². The van der Waals surface area contributed by atoms with Crippen LogP contribution in [0.2, 0.25) is 0 Å². The predicted molar refractivity (Wildman–Crippen MR) is 69.8 cm³/mol. The van der Waals surface area contributed by atoms with Crippen LogP contribution in [0, 0.1) is 4.77 Å². The van der Waals surface area contributed by atoms with Crippen molar-refractivity contribution in [3.63, 3.8) is 0 Å². The smallest absolute Gasteiger partial charge is 0.234 e. The molecule has 0 spiro atoms. The van der Waals surface area contributed by atoms with Crippen LogP contribution in [-0.2, 0) is 0 Å². The maximum absolute atomic E-state index is 5.75. The molecule has 0 fully saturated rings. The Morgan fingerprint density at radius 1 is 1.25 bits per heavy atom. The molecule has 0 aliphatic heterocycles. The second-order valence-corrected chi connectivity index (χ2v) is 3.73. The van der Waals surface area contributed by atoms with E-state index >= 15 is 0 Å². The summed E-state index contributed by atoms with van der Waals surface area (Å²) >= 11 is 4.82. The highest BCUT2D eigenvalue weighted by Crippen LogP contribution is 2.00. The Morgan fingerprint density at radius 2 is 1.88 bits per heavy atom. The van der Waals surface area contributed by atoms with Gasteiger partial charge in [-0.2, -0.15) is 4.98 Å². The molecule has 0 saturated heterocycles. The Labute approximate surface area is 102 Å². The molecular weight excluding hydrogens is 224 g/mol. The number of hydrogen-bond acceptors (Lipinski definition) is 5. The van der Waals surface area contributed by atoms with Crippen LogP contribution in [0.4, 0.5) is 5.95 Å². The maximum Gasteiger partial charge on any atom is 0.234 e. The summed E-state index contributed by atoms with van der Waals surface area (Å²) < 4.78 is 0.419. The van der Waals surface area contributed by atoms with Crippen LogP contribution in [0.5, 0.6) is 0 Å². The maximum atomic E-state index is 5.75. The van der Waals surface area contributed by atoms with E-state index in [9.17, 15) is 0 Å². The summed E-state index contributed by atoms with van der Waals surface area (Å²) in [5.41, 5.74) is 0. The zero-order valence-corrected chi connectivity index (χ0v) is 11.3. The van der Waals surface area contributed by atoms with Gasteiger partial charge in [-0.3, -0.25) is 15.2 Å². The molecule has 0 radical (unpaired) electrons. The highest BCUT2D eigenvalue weighted by Gasteiger charge is 2.03. The quantitative estimate of drug-likeness (QED) is 0.412. The fourth-order valence-corrected chi connectivity index (χ4v) is 1.20. The predicted octanol–water partition coefficient (Wildman–Crippen LogP) is 1.13. The van der Waals surface area contributed by atoms with Gasteiger partial charge in [-0.05, 0) is 39.3 Å². The molecule has 0 aliphatic carbocycles. The first-order valence-corrected chi connectivity index (χ1v) is 5.82. The van der Waals surface area contributed by atoms with Gasteiger partial charge in [-0.1, -0.05) is 13.8 Å². The van der Waals surface area contributed by atoms with Crippen molar-refractivity contribution in [2.24, 2.45) is 5.84 Å². The zero-order valence-electron chi connectivity index (χ0n) is 10.4. The summed E-state index contributed by atoms with van der Waals surface area (Å²) in [6, 6.07) is 0. The molecule has 0 aromatic carbocycles. The van der Waals surface area contributed by atoms with Crippen molar-refractivity contribution < 1.29 is 0 Å². The number of rotatable bonds is 5. The SMILES string of the molecule is CC.CN(C)CCCN(N)c1nc(=S)[nH][nH]1. The molecule has 0 atom stereocenters. The average molecular weight is 246 g/mol. The van der Waals surface area contributed by atoms with Crippen LogP contribution in [0.15, 0.2) is 0 Å². The monoisotopic (exact) mass is 246 g/mol. The number of hydrazine groups is 1. The minimum Gasteiger partial charge on any atom is -0.309 e. The standard InChI is InChI=1S/C7H16N6S.C2H6/c1-12(2)4-3-5-13(8)6-9-7(14)11-10-6;1-2/h3-5,8H2,1-2H3,(H2,9,10,11,14);1-2H3. The van der Waals surface area contributed by atoms with E-state index in [0.717, 1.165) is 19.5 Å². The van der Waals surface area contributed by atoms with Gasteiger partial charge in [0.1, 0.15) is 0 Å². The number of anilines is 1. The molecule has 1 aromatic heterocycles. The Morgan fingerprint density at radius 3 is 2.31 bits per heavy atom. The van der Waals surface area contributed by atoms with Crippen molar-refractivity contribution in [2.45, 2.75) is 20.3 Å². The van der Waals surface area contributed by atoms with Gasteiger partial charge in [0, 0.05) is 6.54 Å². The number of nitrogens with one attached hydrogen (secondary N) is 2. The zero-order chi connectivity index (χ0) is 12.6. The van der Waals surface area contributed by atoms with Crippen LogP contribution < -0.4 is 10.9 Å². The molecule has 0 aliphatic rings. The minimum atomic E-state index is 0.419. The average Bonchev–Trinajstić information content (AvgIpc) is 2.67. The summed E-state index contributed by atoms with van der Waals surface area (Å²) in [7, 11) is 4.06. The van der Waals surface area contributed by atoms with Crippen LogP contribution in [0.1, 0.15) is 20.3 Å². The lowest BCUT2D eigenvalue weighted by Gasteiger charge is -2.16.